The molecule has 146 valence electrons. The smallest absolute Gasteiger partial charge is 0.262 e. The van der Waals surface area contributed by atoms with E-state index in [2.05, 4.69) is 15.5 Å². The van der Waals surface area contributed by atoms with Gasteiger partial charge in [0.1, 0.15) is 22.5 Å². The number of rotatable bonds is 6. The molecule has 29 heavy (non-hydrogen) atoms. The van der Waals surface area contributed by atoms with E-state index in [9.17, 15) is 4.79 Å². The van der Waals surface area contributed by atoms with Gasteiger partial charge in [0.15, 0.2) is 6.61 Å². The molecule has 0 bridgehead atoms. The molecular formula is C21H17ClN4O3. The summed E-state index contributed by atoms with van der Waals surface area (Å²) in [6.07, 6.45) is 0. The molecule has 1 N–H and O–H groups in total. The molecule has 0 saturated heterocycles. The summed E-state index contributed by atoms with van der Waals surface area (Å²) in [6, 6.07) is 19.6. The van der Waals surface area contributed by atoms with Gasteiger partial charge in [-0.15, -0.1) is 10.2 Å². The maximum absolute atomic E-state index is 12.2. The lowest BCUT2D eigenvalue weighted by molar-refractivity contribution is -0.118. The van der Waals surface area contributed by atoms with E-state index in [4.69, 9.17) is 21.1 Å². The van der Waals surface area contributed by atoms with Gasteiger partial charge in [-0.2, -0.15) is 4.80 Å². The highest BCUT2D eigenvalue weighted by Crippen LogP contribution is 2.19. The number of halogens is 1. The van der Waals surface area contributed by atoms with Crippen molar-refractivity contribution in [2.75, 3.05) is 19.0 Å². The molecule has 0 radical (unpaired) electrons. The van der Waals surface area contributed by atoms with Crippen LogP contribution in [0.15, 0.2) is 66.7 Å². The standard InChI is InChI=1S/C21H17ClN4O3/c1-28-17-7-9-18(10-8-17)29-13-21(27)23-15-4-11-19-20(12-15)25-26(24-19)16-5-2-14(22)3-6-16/h2-12H,13H2,1H3,(H,23,27). The summed E-state index contributed by atoms with van der Waals surface area (Å²) in [7, 11) is 1.59. The summed E-state index contributed by atoms with van der Waals surface area (Å²) in [5, 5.41) is 12.3. The van der Waals surface area contributed by atoms with E-state index in [1.54, 1.807) is 61.7 Å². The zero-order valence-corrected chi connectivity index (χ0v) is 16.3. The molecule has 7 nitrogen and oxygen atoms in total. The summed E-state index contributed by atoms with van der Waals surface area (Å²) < 4.78 is 10.6. The fourth-order valence-corrected chi connectivity index (χ4v) is 2.83. The average molecular weight is 409 g/mol. The average Bonchev–Trinajstić information content (AvgIpc) is 3.16. The lowest BCUT2D eigenvalue weighted by Crippen LogP contribution is -2.20. The van der Waals surface area contributed by atoms with Crippen molar-refractivity contribution in [2.45, 2.75) is 0 Å². The highest BCUT2D eigenvalue weighted by atomic mass is 35.5. The Morgan fingerprint density at radius 1 is 0.966 bits per heavy atom. The van der Waals surface area contributed by atoms with Crippen LogP contribution in [0.3, 0.4) is 0 Å². The Morgan fingerprint density at radius 3 is 2.38 bits per heavy atom. The molecule has 0 aliphatic heterocycles. The first-order chi connectivity index (χ1) is 14.1. The minimum atomic E-state index is -0.273. The third-order valence-corrected chi connectivity index (χ3v) is 4.40. The summed E-state index contributed by atoms with van der Waals surface area (Å²) in [6.45, 7) is -0.109. The molecule has 4 rings (SSSR count). The number of hydrogen-bond acceptors (Lipinski definition) is 5. The number of ether oxygens (including phenoxy) is 2. The second-order valence-electron chi connectivity index (χ2n) is 6.18. The van der Waals surface area contributed by atoms with E-state index in [0.29, 0.717) is 27.5 Å². The summed E-state index contributed by atoms with van der Waals surface area (Å²) in [5.74, 6) is 1.04. The molecule has 0 fully saturated rings. The third kappa shape index (κ3) is 4.47. The van der Waals surface area contributed by atoms with Crippen molar-refractivity contribution in [3.63, 3.8) is 0 Å². The molecule has 1 heterocycles. The Balaban J connectivity index is 1.42. The lowest BCUT2D eigenvalue weighted by atomic mass is 10.3. The Kier molecular flexibility index (Phi) is 5.31. The Labute approximate surface area is 171 Å². The quantitative estimate of drug-likeness (QED) is 0.519. The molecule has 0 atom stereocenters. The number of methoxy groups -OCH3 is 1. The molecule has 0 aliphatic carbocycles. The summed E-state index contributed by atoms with van der Waals surface area (Å²) in [5.41, 5.74) is 2.79. The first-order valence-electron chi connectivity index (χ1n) is 8.80. The van der Waals surface area contributed by atoms with Gasteiger partial charge < -0.3 is 14.8 Å². The molecule has 1 amide bonds. The van der Waals surface area contributed by atoms with Crippen LogP contribution in [0, 0.1) is 0 Å². The van der Waals surface area contributed by atoms with Crippen LogP contribution < -0.4 is 14.8 Å². The lowest BCUT2D eigenvalue weighted by Gasteiger charge is -2.08. The highest BCUT2D eigenvalue weighted by molar-refractivity contribution is 6.30. The van der Waals surface area contributed by atoms with Crippen LogP contribution in [-0.2, 0) is 4.79 Å². The fraction of sp³-hybridized carbons (Fsp3) is 0.0952. The monoisotopic (exact) mass is 408 g/mol. The van der Waals surface area contributed by atoms with Crippen molar-refractivity contribution in [1.29, 1.82) is 0 Å². The summed E-state index contributed by atoms with van der Waals surface area (Å²) in [4.78, 5) is 13.7. The normalized spacial score (nSPS) is 10.7. The van der Waals surface area contributed by atoms with E-state index in [1.165, 1.54) is 4.80 Å². The maximum Gasteiger partial charge on any atom is 0.262 e. The number of anilines is 1. The SMILES string of the molecule is COc1ccc(OCC(=O)Nc2ccc3nn(-c4ccc(Cl)cc4)nc3c2)cc1. The predicted molar refractivity (Wildman–Crippen MR) is 111 cm³/mol. The number of nitrogens with zero attached hydrogens (tertiary/aromatic N) is 3. The first kappa shape index (κ1) is 18.8. The van der Waals surface area contributed by atoms with Gasteiger partial charge >= 0.3 is 0 Å². The minimum absolute atomic E-state index is 0.109. The number of fused-ring (bicyclic) bond motifs is 1. The topological polar surface area (TPSA) is 78.3 Å². The van der Waals surface area contributed by atoms with Crippen molar-refractivity contribution in [1.82, 2.24) is 15.0 Å². The van der Waals surface area contributed by atoms with Crippen molar-refractivity contribution in [2.24, 2.45) is 0 Å². The Morgan fingerprint density at radius 2 is 1.66 bits per heavy atom. The molecule has 3 aromatic carbocycles. The van der Waals surface area contributed by atoms with Crippen molar-refractivity contribution >= 4 is 34.2 Å². The van der Waals surface area contributed by atoms with Crippen molar-refractivity contribution in [3.8, 4) is 17.2 Å². The second-order valence-corrected chi connectivity index (χ2v) is 6.62. The fourth-order valence-electron chi connectivity index (χ4n) is 2.70. The molecule has 8 heteroatoms. The van der Waals surface area contributed by atoms with Crippen molar-refractivity contribution < 1.29 is 14.3 Å². The van der Waals surface area contributed by atoms with Crippen LogP contribution in [0.25, 0.3) is 16.7 Å². The van der Waals surface area contributed by atoms with Crippen LogP contribution in [0.2, 0.25) is 5.02 Å². The van der Waals surface area contributed by atoms with E-state index < -0.39 is 0 Å². The van der Waals surface area contributed by atoms with Crippen molar-refractivity contribution in [3.05, 3.63) is 71.8 Å². The number of hydrogen-bond donors (Lipinski definition) is 1. The summed E-state index contributed by atoms with van der Waals surface area (Å²) >= 11 is 5.92. The molecule has 4 aromatic rings. The van der Waals surface area contributed by atoms with Crippen LogP contribution in [0.1, 0.15) is 0 Å². The Bertz CT molecular complexity index is 1140. The van der Waals surface area contributed by atoms with Crippen LogP contribution in [0.5, 0.6) is 11.5 Å². The highest BCUT2D eigenvalue weighted by Gasteiger charge is 2.08. The number of carbonyl (C=O) groups excluding carboxylic acids is 1. The van der Waals surface area contributed by atoms with Gasteiger partial charge in [-0.3, -0.25) is 4.79 Å². The number of nitrogens with one attached hydrogen (secondary N) is 1. The van der Waals surface area contributed by atoms with Gasteiger partial charge in [-0.25, -0.2) is 0 Å². The predicted octanol–water partition coefficient (Wildman–Crippen LogP) is 4.10. The first-order valence-corrected chi connectivity index (χ1v) is 9.18. The minimum Gasteiger partial charge on any atom is -0.497 e. The van der Waals surface area contributed by atoms with Crippen LogP contribution in [-0.4, -0.2) is 34.6 Å². The van der Waals surface area contributed by atoms with Gasteiger partial charge in [-0.1, -0.05) is 11.6 Å². The van der Waals surface area contributed by atoms with Gasteiger partial charge in [0.25, 0.3) is 5.91 Å². The number of aromatic nitrogens is 3. The number of amides is 1. The van der Waals surface area contributed by atoms with Gasteiger partial charge in [0.05, 0.1) is 12.8 Å². The van der Waals surface area contributed by atoms with E-state index >= 15 is 0 Å². The van der Waals surface area contributed by atoms with E-state index in [-0.39, 0.29) is 12.5 Å². The molecule has 1 aromatic heterocycles. The molecular weight excluding hydrogens is 392 g/mol. The van der Waals surface area contributed by atoms with Gasteiger partial charge in [-0.05, 0) is 66.7 Å². The van der Waals surface area contributed by atoms with E-state index in [0.717, 1.165) is 11.4 Å². The maximum atomic E-state index is 12.2. The number of carbonyl (C=O) groups is 1. The zero-order chi connectivity index (χ0) is 20.2. The molecule has 0 spiro atoms. The zero-order valence-electron chi connectivity index (χ0n) is 15.5. The van der Waals surface area contributed by atoms with Gasteiger partial charge in [0, 0.05) is 10.7 Å². The van der Waals surface area contributed by atoms with Gasteiger partial charge in [0.2, 0.25) is 0 Å². The number of benzene rings is 3. The molecule has 0 saturated carbocycles. The third-order valence-electron chi connectivity index (χ3n) is 4.15. The second kappa shape index (κ2) is 8.20. The van der Waals surface area contributed by atoms with E-state index in [1.807, 2.05) is 12.1 Å². The Hall–Kier alpha value is -3.58. The molecule has 0 unspecified atom stereocenters. The van der Waals surface area contributed by atoms with Crippen LogP contribution in [0.4, 0.5) is 5.69 Å². The molecule has 0 aliphatic rings. The largest absolute Gasteiger partial charge is 0.497 e. The van der Waals surface area contributed by atoms with Crippen LogP contribution >= 0.6 is 11.6 Å².